The molecular formula is C14H11F3OS. The second kappa shape index (κ2) is 6.02. The van der Waals surface area contributed by atoms with Crippen molar-refractivity contribution < 1.29 is 17.9 Å². The molecule has 0 radical (unpaired) electrons. The molecule has 0 unspecified atom stereocenters. The standard InChI is InChI=1S/C14H11F3OS/c15-14(16,17)12-8-4-5-9-13(12)18-10-19-11-6-2-1-3-7-11/h1-9H,10H2. The molecule has 2 rings (SSSR count). The van der Waals surface area contributed by atoms with E-state index in [0.717, 1.165) is 11.0 Å². The van der Waals surface area contributed by atoms with Crippen molar-refractivity contribution in [1.82, 2.24) is 0 Å². The highest BCUT2D eigenvalue weighted by molar-refractivity contribution is 7.99. The van der Waals surface area contributed by atoms with Crippen LogP contribution in [0.15, 0.2) is 59.5 Å². The maximum atomic E-state index is 12.7. The van der Waals surface area contributed by atoms with Crippen LogP contribution in [0, 0.1) is 0 Å². The summed E-state index contributed by atoms with van der Waals surface area (Å²) in [6.45, 7) is 0. The third-order valence-electron chi connectivity index (χ3n) is 2.38. The van der Waals surface area contributed by atoms with E-state index >= 15 is 0 Å². The molecule has 5 heteroatoms. The Kier molecular flexibility index (Phi) is 4.37. The summed E-state index contributed by atoms with van der Waals surface area (Å²) in [6, 6.07) is 14.6. The van der Waals surface area contributed by atoms with Crippen molar-refractivity contribution in [3.05, 3.63) is 60.2 Å². The number of para-hydroxylation sites is 1. The second-order valence-electron chi connectivity index (χ2n) is 3.71. The predicted octanol–water partition coefficient (Wildman–Crippen LogP) is 4.83. The van der Waals surface area contributed by atoms with Gasteiger partial charge in [-0.2, -0.15) is 13.2 Å². The van der Waals surface area contributed by atoms with Crippen LogP contribution in [-0.2, 0) is 6.18 Å². The number of benzene rings is 2. The molecule has 100 valence electrons. The topological polar surface area (TPSA) is 9.23 Å². The summed E-state index contributed by atoms with van der Waals surface area (Å²) in [4.78, 5) is 0.951. The number of hydrogen-bond donors (Lipinski definition) is 0. The quantitative estimate of drug-likeness (QED) is 0.587. The van der Waals surface area contributed by atoms with Gasteiger partial charge in [-0.1, -0.05) is 42.1 Å². The van der Waals surface area contributed by atoms with Gasteiger partial charge in [0, 0.05) is 4.90 Å². The number of halogens is 3. The molecule has 2 aromatic carbocycles. The largest absolute Gasteiger partial charge is 0.482 e. The van der Waals surface area contributed by atoms with Crippen molar-refractivity contribution in [1.29, 1.82) is 0 Å². The summed E-state index contributed by atoms with van der Waals surface area (Å²) in [5, 5.41) is 0. The van der Waals surface area contributed by atoms with Crippen molar-refractivity contribution in [2.24, 2.45) is 0 Å². The molecule has 19 heavy (non-hydrogen) atoms. The van der Waals surface area contributed by atoms with Crippen LogP contribution in [0.5, 0.6) is 5.75 Å². The Labute approximate surface area is 113 Å². The monoisotopic (exact) mass is 284 g/mol. The summed E-state index contributed by atoms with van der Waals surface area (Å²) in [7, 11) is 0. The molecule has 2 aromatic rings. The van der Waals surface area contributed by atoms with E-state index in [9.17, 15) is 13.2 Å². The molecular weight excluding hydrogens is 273 g/mol. The Morgan fingerprint density at radius 1 is 0.895 bits per heavy atom. The highest BCUT2D eigenvalue weighted by Crippen LogP contribution is 2.36. The van der Waals surface area contributed by atoms with E-state index in [1.807, 2.05) is 30.3 Å². The first-order chi connectivity index (χ1) is 9.07. The number of alkyl halides is 3. The number of hydrogen-bond acceptors (Lipinski definition) is 2. The molecule has 0 aliphatic rings. The maximum absolute atomic E-state index is 12.7. The lowest BCUT2D eigenvalue weighted by atomic mass is 10.2. The predicted molar refractivity (Wildman–Crippen MR) is 69.2 cm³/mol. The van der Waals surface area contributed by atoms with E-state index in [-0.39, 0.29) is 11.7 Å². The van der Waals surface area contributed by atoms with Crippen LogP contribution in [0.4, 0.5) is 13.2 Å². The zero-order valence-corrected chi connectivity index (χ0v) is 10.7. The maximum Gasteiger partial charge on any atom is 0.419 e. The Bertz CT molecular complexity index is 526. The Morgan fingerprint density at radius 2 is 1.53 bits per heavy atom. The number of rotatable bonds is 4. The Balaban J connectivity index is 2.00. The minimum atomic E-state index is -4.39. The fourth-order valence-electron chi connectivity index (χ4n) is 1.50. The molecule has 0 aliphatic heterocycles. The van der Waals surface area contributed by atoms with E-state index in [2.05, 4.69) is 0 Å². The SMILES string of the molecule is FC(F)(F)c1ccccc1OCSc1ccccc1. The van der Waals surface area contributed by atoms with Crippen molar-refractivity contribution >= 4 is 11.8 Å². The first-order valence-corrected chi connectivity index (χ1v) is 6.53. The first kappa shape index (κ1) is 13.8. The van der Waals surface area contributed by atoms with Gasteiger partial charge in [0.1, 0.15) is 11.7 Å². The molecule has 0 bridgehead atoms. The lowest BCUT2D eigenvalue weighted by molar-refractivity contribution is -0.138. The van der Waals surface area contributed by atoms with Gasteiger partial charge in [-0.15, -0.1) is 0 Å². The highest BCUT2D eigenvalue weighted by Gasteiger charge is 2.33. The molecule has 0 N–H and O–H groups in total. The van der Waals surface area contributed by atoms with Crippen molar-refractivity contribution in [2.75, 3.05) is 5.94 Å². The van der Waals surface area contributed by atoms with Gasteiger partial charge in [0.2, 0.25) is 0 Å². The summed E-state index contributed by atoms with van der Waals surface area (Å²) in [5.41, 5.74) is -0.747. The third kappa shape index (κ3) is 3.92. The van der Waals surface area contributed by atoms with Crippen molar-refractivity contribution in [2.45, 2.75) is 11.1 Å². The van der Waals surface area contributed by atoms with E-state index in [1.54, 1.807) is 0 Å². The van der Waals surface area contributed by atoms with Gasteiger partial charge in [0.25, 0.3) is 0 Å². The Hall–Kier alpha value is -1.62. The summed E-state index contributed by atoms with van der Waals surface area (Å²) >= 11 is 1.35. The fourth-order valence-corrected chi connectivity index (χ4v) is 2.18. The molecule has 1 nitrogen and oxygen atoms in total. The summed E-state index contributed by atoms with van der Waals surface area (Å²) in [5.74, 6) is -0.00432. The van der Waals surface area contributed by atoms with Gasteiger partial charge >= 0.3 is 6.18 Å². The van der Waals surface area contributed by atoms with E-state index in [4.69, 9.17) is 4.74 Å². The van der Waals surface area contributed by atoms with Gasteiger partial charge in [-0.25, -0.2) is 0 Å². The van der Waals surface area contributed by atoms with Gasteiger partial charge in [-0.05, 0) is 24.3 Å². The second-order valence-corrected chi connectivity index (χ2v) is 4.71. The number of thioether (sulfide) groups is 1. The average Bonchev–Trinajstić information content (AvgIpc) is 2.39. The minimum Gasteiger partial charge on any atom is -0.482 e. The van der Waals surface area contributed by atoms with E-state index in [1.165, 1.54) is 30.0 Å². The van der Waals surface area contributed by atoms with Crippen LogP contribution in [0.2, 0.25) is 0 Å². The highest BCUT2D eigenvalue weighted by atomic mass is 32.2. The first-order valence-electron chi connectivity index (χ1n) is 5.54. The van der Waals surface area contributed by atoms with Crippen LogP contribution < -0.4 is 4.74 Å². The summed E-state index contributed by atoms with van der Waals surface area (Å²) < 4.78 is 43.3. The molecule has 0 heterocycles. The lowest BCUT2D eigenvalue weighted by Gasteiger charge is -2.13. The normalized spacial score (nSPS) is 11.3. The van der Waals surface area contributed by atoms with Crippen LogP contribution >= 0.6 is 11.8 Å². The van der Waals surface area contributed by atoms with Gasteiger partial charge in [0.15, 0.2) is 0 Å². The molecule has 0 saturated heterocycles. The van der Waals surface area contributed by atoms with Crippen LogP contribution in [0.1, 0.15) is 5.56 Å². The van der Waals surface area contributed by atoms with Gasteiger partial charge in [0.05, 0.1) is 5.56 Å². The van der Waals surface area contributed by atoms with E-state index < -0.39 is 11.7 Å². The fraction of sp³-hybridized carbons (Fsp3) is 0.143. The molecule has 0 amide bonds. The van der Waals surface area contributed by atoms with Crippen molar-refractivity contribution in [3.63, 3.8) is 0 Å². The molecule has 0 saturated carbocycles. The molecule has 0 aromatic heterocycles. The van der Waals surface area contributed by atoms with Gasteiger partial charge in [-0.3, -0.25) is 0 Å². The van der Waals surface area contributed by atoms with Crippen LogP contribution in [-0.4, -0.2) is 5.94 Å². The average molecular weight is 284 g/mol. The van der Waals surface area contributed by atoms with Gasteiger partial charge < -0.3 is 4.74 Å². The lowest BCUT2D eigenvalue weighted by Crippen LogP contribution is -2.08. The Morgan fingerprint density at radius 3 is 2.21 bits per heavy atom. The van der Waals surface area contributed by atoms with E-state index in [0.29, 0.717) is 0 Å². The minimum absolute atomic E-state index is 0.136. The van der Waals surface area contributed by atoms with Crippen LogP contribution in [0.25, 0.3) is 0 Å². The zero-order chi connectivity index (χ0) is 13.7. The molecule has 0 fully saturated rings. The van der Waals surface area contributed by atoms with Crippen LogP contribution in [0.3, 0.4) is 0 Å². The van der Waals surface area contributed by atoms with Crippen molar-refractivity contribution in [3.8, 4) is 5.75 Å². The third-order valence-corrected chi connectivity index (χ3v) is 3.22. The summed E-state index contributed by atoms with van der Waals surface area (Å²) in [6.07, 6.45) is -4.39. The molecule has 0 spiro atoms. The number of ether oxygens (including phenoxy) is 1. The molecule has 0 atom stereocenters. The molecule has 0 aliphatic carbocycles. The smallest absolute Gasteiger partial charge is 0.419 e. The zero-order valence-electron chi connectivity index (χ0n) is 9.85.